The number of carbonyl (C=O) groups excluding carboxylic acids is 1. The van der Waals surface area contributed by atoms with Gasteiger partial charge in [-0.25, -0.2) is 0 Å². The van der Waals surface area contributed by atoms with Crippen molar-refractivity contribution in [2.45, 2.75) is 52.6 Å². The van der Waals surface area contributed by atoms with Crippen LogP contribution >= 0.6 is 0 Å². The average molecular weight is 337 g/mol. The van der Waals surface area contributed by atoms with E-state index in [1.54, 1.807) is 0 Å². The number of hydrogen-bond donors (Lipinski definition) is 2. The third kappa shape index (κ3) is 3.90. The first-order valence-electron chi connectivity index (χ1n) is 8.92. The summed E-state index contributed by atoms with van der Waals surface area (Å²) in [4.78, 5) is 17.0. The maximum absolute atomic E-state index is 12.5. The van der Waals surface area contributed by atoms with E-state index in [0.29, 0.717) is 12.1 Å². The van der Waals surface area contributed by atoms with Crippen molar-refractivity contribution in [2.75, 3.05) is 6.54 Å². The average Bonchev–Trinajstić information content (AvgIpc) is 2.60. The second-order valence-corrected chi connectivity index (χ2v) is 7.76. The fraction of sp³-hybridized carbons (Fsp3) is 0.429. The Labute approximate surface area is 150 Å². The molecule has 4 heteroatoms. The number of carbonyl (C=O) groups is 1. The van der Waals surface area contributed by atoms with Gasteiger partial charge in [-0.3, -0.25) is 9.78 Å². The van der Waals surface area contributed by atoms with Crippen molar-refractivity contribution in [3.63, 3.8) is 0 Å². The molecule has 1 aliphatic heterocycles. The van der Waals surface area contributed by atoms with E-state index in [0.717, 1.165) is 25.2 Å². The first kappa shape index (κ1) is 17.6. The van der Waals surface area contributed by atoms with E-state index in [4.69, 9.17) is 0 Å². The molecular weight excluding hydrogens is 310 g/mol. The van der Waals surface area contributed by atoms with Crippen LogP contribution in [0.2, 0.25) is 0 Å². The molecule has 3 rings (SSSR count). The third-order valence-electron chi connectivity index (χ3n) is 4.91. The molecular formula is C21H27N3O. The maximum Gasteiger partial charge on any atom is 0.251 e. The standard InChI is InChI=1S/C21H27N3O/c1-14-19(18-9-10-22-11-16(18)12-23-14)13-24-20(25)15-5-7-17(8-6-15)21(2,3)4/h5-8,12,22H,9-11,13H2,1-4H3,(H,24,25). The van der Waals surface area contributed by atoms with Crippen molar-refractivity contribution in [3.8, 4) is 0 Å². The summed E-state index contributed by atoms with van der Waals surface area (Å²) in [6, 6.07) is 7.90. The molecule has 25 heavy (non-hydrogen) atoms. The minimum Gasteiger partial charge on any atom is -0.348 e. The van der Waals surface area contributed by atoms with Crippen molar-refractivity contribution >= 4 is 5.91 Å². The highest BCUT2D eigenvalue weighted by Gasteiger charge is 2.17. The number of rotatable bonds is 3. The number of pyridine rings is 1. The summed E-state index contributed by atoms with van der Waals surface area (Å²) in [5.41, 5.74) is 6.78. The van der Waals surface area contributed by atoms with Gasteiger partial charge in [-0.15, -0.1) is 0 Å². The SMILES string of the molecule is Cc1ncc2c(c1CNC(=O)c1ccc(C(C)(C)C)cc1)CCNC2. The van der Waals surface area contributed by atoms with Gasteiger partial charge in [-0.1, -0.05) is 32.9 Å². The predicted octanol–water partition coefficient (Wildman–Crippen LogP) is 3.26. The number of benzene rings is 1. The van der Waals surface area contributed by atoms with Crippen LogP contribution in [0.15, 0.2) is 30.5 Å². The first-order chi connectivity index (χ1) is 11.9. The van der Waals surface area contributed by atoms with Crippen LogP contribution in [0.25, 0.3) is 0 Å². The summed E-state index contributed by atoms with van der Waals surface area (Å²) >= 11 is 0. The molecule has 1 aromatic carbocycles. The summed E-state index contributed by atoms with van der Waals surface area (Å²) in [6.07, 6.45) is 2.94. The minimum atomic E-state index is -0.0357. The minimum absolute atomic E-state index is 0.0357. The highest BCUT2D eigenvalue weighted by Crippen LogP contribution is 2.23. The molecule has 2 N–H and O–H groups in total. The molecule has 0 radical (unpaired) electrons. The Hall–Kier alpha value is -2.20. The highest BCUT2D eigenvalue weighted by atomic mass is 16.1. The van der Waals surface area contributed by atoms with Crippen LogP contribution in [0.5, 0.6) is 0 Å². The topological polar surface area (TPSA) is 54.0 Å². The lowest BCUT2D eigenvalue weighted by molar-refractivity contribution is 0.0950. The Kier molecular flexibility index (Phi) is 4.91. The van der Waals surface area contributed by atoms with Crippen molar-refractivity contribution in [1.29, 1.82) is 0 Å². The number of hydrogen-bond acceptors (Lipinski definition) is 3. The van der Waals surface area contributed by atoms with Gasteiger partial charge in [0.2, 0.25) is 0 Å². The Morgan fingerprint density at radius 2 is 1.96 bits per heavy atom. The molecule has 0 bridgehead atoms. The molecule has 4 nitrogen and oxygen atoms in total. The number of fused-ring (bicyclic) bond motifs is 1. The first-order valence-corrected chi connectivity index (χ1v) is 8.92. The molecule has 0 fully saturated rings. The molecule has 1 aliphatic rings. The van der Waals surface area contributed by atoms with Gasteiger partial charge in [-0.2, -0.15) is 0 Å². The van der Waals surface area contributed by atoms with E-state index in [9.17, 15) is 4.79 Å². The van der Waals surface area contributed by atoms with Crippen molar-refractivity contribution < 1.29 is 4.79 Å². The molecule has 132 valence electrons. The zero-order valence-corrected chi connectivity index (χ0v) is 15.6. The van der Waals surface area contributed by atoms with Gasteiger partial charge in [-0.05, 0) is 59.7 Å². The molecule has 0 saturated heterocycles. The molecule has 2 aromatic rings. The highest BCUT2D eigenvalue weighted by molar-refractivity contribution is 5.94. The third-order valence-corrected chi connectivity index (χ3v) is 4.91. The van der Waals surface area contributed by atoms with Crippen LogP contribution in [0.4, 0.5) is 0 Å². The van der Waals surface area contributed by atoms with E-state index in [2.05, 4.69) is 36.4 Å². The largest absolute Gasteiger partial charge is 0.348 e. The van der Waals surface area contributed by atoms with E-state index < -0.39 is 0 Å². The van der Waals surface area contributed by atoms with Crippen molar-refractivity contribution in [1.82, 2.24) is 15.6 Å². The molecule has 2 heterocycles. The quantitative estimate of drug-likeness (QED) is 0.904. The molecule has 0 atom stereocenters. The molecule has 0 unspecified atom stereocenters. The fourth-order valence-electron chi connectivity index (χ4n) is 3.27. The normalized spacial score (nSPS) is 14.1. The van der Waals surface area contributed by atoms with Gasteiger partial charge in [0.1, 0.15) is 0 Å². The Morgan fingerprint density at radius 3 is 2.64 bits per heavy atom. The van der Waals surface area contributed by atoms with Crippen LogP contribution in [0.1, 0.15) is 59.1 Å². The molecule has 0 saturated carbocycles. The van der Waals surface area contributed by atoms with Crippen LogP contribution in [0.3, 0.4) is 0 Å². The van der Waals surface area contributed by atoms with E-state index in [1.807, 2.05) is 37.4 Å². The zero-order chi connectivity index (χ0) is 18.0. The number of aryl methyl sites for hydroxylation is 1. The summed E-state index contributed by atoms with van der Waals surface area (Å²) in [7, 11) is 0. The number of amides is 1. The maximum atomic E-state index is 12.5. The van der Waals surface area contributed by atoms with E-state index >= 15 is 0 Å². The van der Waals surface area contributed by atoms with E-state index in [1.165, 1.54) is 22.3 Å². The summed E-state index contributed by atoms with van der Waals surface area (Å²) in [5.74, 6) is -0.0357. The van der Waals surface area contributed by atoms with Gasteiger partial charge in [0.05, 0.1) is 0 Å². The van der Waals surface area contributed by atoms with Crippen molar-refractivity contribution in [2.24, 2.45) is 0 Å². The number of nitrogens with one attached hydrogen (secondary N) is 2. The molecule has 1 aromatic heterocycles. The lowest BCUT2D eigenvalue weighted by Crippen LogP contribution is -2.28. The van der Waals surface area contributed by atoms with Gasteiger partial charge in [0, 0.05) is 30.5 Å². The number of aromatic nitrogens is 1. The Balaban J connectivity index is 1.73. The summed E-state index contributed by atoms with van der Waals surface area (Å²) in [5, 5.41) is 6.43. The lowest BCUT2D eigenvalue weighted by atomic mass is 9.86. The molecule has 0 aliphatic carbocycles. The van der Waals surface area contributed by atoms with E-state index in [-0.39, 0.29) is 11.3 Å². The summed E-state index contributed by atoms with van der Waals surface area (Å²) < 4.78 is 0. The predicted molar refractivity (Wildman–Crippen MR) is 101 cm³/mol. The smallest absolute Gasteiger partial charge is 0.251 e. The molecule has 0 spiro atoms. The van der Waals surface area contributed by atoms with Crippen molar-refractivity contribution in [3.05, 3.63) is 64.0 Å². The lowest BCUT2D eigenvalue weighted by Gasteiger charge is -2.22. The van der Waals surface area contributed by atoms with Crippen LogP contribution < -0.4 is 10.6 Å². The van der Waals surface area contributed by atoms with Crippen LogP contribution in [-0.2, 0) is 24.9 Å². The second-order valence-electron chi connectivity index (χ2n) is 7.76. The van der Waals surface area contributed by atoms with Gasteiger partial charge in [0.25, 0.3) is 5.91 Å². The van der Waals surface area contributed by atoms with Gasteiger partial charge in [0.15, 0.2) is 0 Å². The molecule has 1 amide bonds. The Bertz CT molecular complexity index is 773. The zero-order valence-electron chi connectivity index (χ0n) is 15.6. The van der Waals surface area contributed by atoms with Crippen LogP contribution in [-0.4, -0.2) is 17.4 Å². The fourth-order valence-corrected chi connectivity index (χ4v) is 3.27. The second kappa shape index (κ2) is 6.96. The van der Waals surface area contributed by atoms with Gasteiger partial charge >= 0.3 is 0 Å². The van der Waals surface area contributed by atoms with Crippen LogP contribution in [0, 0.1) is 6.92 Å². The Morgan fingerprint density at radius 1 is 1.24 bits per heavy atom. The number of nitrogens with zero attached hydrogens (tertiary/aromatic N) is 1. The monoisotopic (exact) mass is 337 g/mol. The summed E-state index contributed by atoms with van der Waals surface area (Å²) in [6.45, 7) is 10.9. The van der Waals surface area contributed by atoms with Gasteiger partial charge < -0.3 is 10.6 Å².